The SMILES string of the molecule is CCNC(=O)[C@H]1O[C@@H](n2cnc3c(N)ncnc32)C(O)[C@H]1O.O. The lowest BCUT2D eigenvalue weighted by Crippen LogP contribution is -2.42. The van der Waals surface area contributed by atoms with Gasteiger partial charge in [-0.15, -0.1) is 0 Å². The molecule has 23 heavy (non-hydrogen) atoms. The normalized spacial score (nSPS) is 26.9. The molecule has 4 atom stereocenters. The molecule has 0 bridgehead atoms. The fraction of sp³-hybridized carbons (Fsp3) is 0.500. The van der Waals surface area contributed by atoms with E-state index in [-0.39, 0.29) is 11.3 Å². The third-order valence-electron chi connectivity index (χ3n) is 3.51. The van der Waals surface area contributed by atoms with Crippen LogP contribution in [-0.4, -0.2) is 66.0 Å². The zero-order chi connectivity index (χ0) is 15.9. The Hall–Kier alpha value is -2.34. The number of carbonyl (C=O) groups is 1. The highest BCUT2D eigenvalue weighted by Gasteiger charge is 2.47. The van der Waals surface area contributed by atoms with E-state index in [0.717, 1.165) is 0 Å². The van der Waals surface area contributed by atoms with E-state index < -0.39 is 30.4 Å². The van der Waals surface area contributed by atoms with E-state index in [4.69, 9.17) is 10.5 Å². The topological polar surface area (TPSA) is 180 Å². The number of hydrogen-bond donors (Lipinski definition) is 4. The number of aliphatic hydroxyl groups is 2. The lowest BCUT2D eigenvalue weighted by atomic mass is 10.1. The number of nitrogens with zero attached hydrogens (tertiary/aromatic N) is 4. The highest BCUT2D eigenvalue weighted by Crippen LogP contribution is 2.31. The number of imidazole rings is 1. The molecule has 0 aliphatic carbocycles. The Labute approximate surface area is 130 Å². The second-order valence-corrected chi connectivity index (χ2v) is 4.91. The molecule has 1 aliphatic heterocycles. The third-order valence-corrected chi connectivity index (χ3v) is 3.51. The molecular weight excluding hydrogens is 308 g/mol. The van der Waals surface area contributed by atoms with Gasteiger partial charge in [-0.1, -0.05) is 0 Å². The summed E-state index contributed by atoms with van der Waals surface area (Å²) in [7, 11) is 0. The Balaban J connectivity index is 0.00000192. The third kappa shape index (κ3) is 2.70. The molecule has 1 amide bonds. The number of carbonyl (C=O) groups excluding carboxylic acids is 1. The fourth-order valence-corrected chi connectivity index (χ4v) is 2.44. The summed E-state index contributed by atoms with van der Waals surface area (Å²) in [6.45, 7) is 2.14. The maximum absolute atomic E-state index is 11.9. The molecule has 1 saturated heterocycles. The summed E-state index contributed by atoms with van der Waals surface area (Å²) < 4.78 is 6.92. The van der Waals surface area contributed by atoms with E-state index in [1.807, 2.05) is 0 Å². The number of aromatic nitrogens is 4. The van der Waals surface area contributed by atoms with E-state index in [1.165, 1.54) is 17.2 Å². The number of likely N-dealkylation sites (N-methyl/N-ethyl adjacent to an activating group) is 1. The zero-order valence-electron chi connectivity index (χ0n) is 12.2. The number of anilines is 1. The van der Waals surface area contributed by atoms with Gasteiger partial charge in [-0.25, -0.2) is 15.0 Å². The molecular formula is C12H18N6O5. The minimum absolute atomic E-state index is 0. The predicted octanol–water partition coefficient (Wildman–Crippen LogP) is -2.66. The highest BCUT2D eigenvalue weighted by atomic mass is 16.6. The molecule has 7 N–H and O–H groups in total. The van der Waals surface area contributed by atoms with Crippen molar-refractivity contribution in [2.24, 2.45) is 0 Å². The first-order chi connectivity index (χ1) is 10.5. The number of hydrogen-bond acceptors (Lipinski definition) is 8. The maximum Gasteiger partial charge on any atom is 0.252 e. The molecule has 0 spiro atoms. The molecule has 11 nitrogen and oxygen atoms in total. The van der Waals surface area contributed by atoms with Crippen molar-refractivity contribution in [2.75, 3.05) is 12.3 Å². The molecule has 0 radical (unpaired) electrons. The van der Waals surface area contributed by atoms with E-state index in [1.54, 1.807) is 6.92 Å². The van der Waals surface area contributed by atoms with Crippen molar-refractivity contribution in [2.45, 2.75) is 31.5 Å². The molecule has 3 rings (SSSR count). The van der Waals surface area contributed by atoms with Crippen LogP contribution in [0, 0.1) is 0 Å². The van der Waals surface area contributed by atoms with Gasteiger partial charge < -0.3 is 31.5 Å². The van der Waals surface area contributed by atoms with Crippen LogP contribution in [0.2, 0.25) is 0 Å². The van der Waals surface area contributed by atoms with Crippen LogP contribution in [-0.2, 0) is 9.53 Å². The first kappa shape index (κ1) is 17.0. The van der Waals surface area contributed by atoms with Crippen LogP contribution in [0.25, 0.3) is 11.2 Å². The molecule has 2 aromatic heterocycles. The van der Waals surface area contributed by atoms with Crippen molar-refractivity contribution < 1.29 is 25.2 Å². The molecule has 3 heterocycles. The Morgan fingerprint density at radius 3 is 2.83 bits per heavy atom. The molecule has 1 unspecified atom stereocenters. The standard InChI is InChI=1S/C12H16N6O4.H2O/c1-2-14-11(21)8-6(19)7(20)12(22-8)18-4-17-5-9(13)15-3-16-10(5)18;/h3-4,6-8,12,19-20H,2H2,1H3,(H,14,21)(H2,13,15,16);1H2/t6-,7?,8+,12-;/m1./s1. The summed E-state index contributed by atoms with van der Waals surface area (Å²) in [6, 6.07) is 0. The van der Waals surface area contributed by atoms with Gasteiger partial charge in [-0.3, -0.25) is 9.36 Å². The van der Waals surface area contributed by atoms with E-state index in [2.05, 4.69) is 20.3 Å². The molecule has 2 aromatic rings. The quantitative estimate of drug-likeness (QED) is 0.471. The molecule has 11 heteroatoms. The van der Waals surface area contributed by atoms with Crippen LogP contribution in [0.3, 0.4) is 0 Å². The summed E-state index contributed by atoms with van der Waals surface area (Å²) in [5.74, 6) is -0.299. The van der Waals surface area contributed by atoms with Crippen LogP contribution >= 0.6 is 0 Å². The monoisotopic (exact) mass is 326 g/mol. The first-order valence-corrected chi connectivity index (χ1v) is 6.77. The second kappa shape index (κ2) is 6.42. The smallest absolute Gasteiger partial charge is 0.252 e. The Morgan fingerprint density at radius 1 is 1.39 bits per heavy atom. The average Bonchev–Trinajstić information content (AvgIpc) is 3.03. The zero-order valence-corrected chi connectivity index (χ0v) is 12.2. The van der Waals surface area contributed by atoms with Crippen molar-refractivity contribution in [3.63, 3.8) is 0 Å². The molecule has 0 aromatic carbocycles. The van der Waals surface area contributed by atoms with Crippen LogP contribution < -0.4 is 11.1 Å². The lowest BCUT2D eigenvalue weighted by Gasteiger charge is -2.16. The highest BCUT2D eigenvalue weighted by molar-refractivity contribution is 5.82. The lowest BCUT2D eigenvalue weighted by molar-refractivity contribution is -0.137. The van der Waals surface area contributed by atoms with E-state index in [9.17, 15) is 15.0 Å². The van der Waals surface area contributed by atoms with Gasteiger partial charge in [0, 0.05) is 6.54 Å². The minimum Gasteiger partial charge on any atom is -0.412 e. The van der Waals surface area contributed by atoms with Gasteiger partial charge in [0.15, 0.2) is 23.8 Å². The maximum atomic E-state index is 11.9. The van der Waals surface area contributed by atoms with Crippen molar-refractivity contribution in [1.29, 1.82) is 0 Å². The summed E-state index contributed by atoms with van der Waals surface area (Å²) >= 11 is 0. The van der Waals surface area contributed by atoms with Crippen molar-refractivity contribution in [1.82, 2.24) is 24.8 Å². The fourth-order valence-electron chi connectivity index (χ4n) is 2.44. The van der Waals surface area contributed by atoms with Gasteiger partial charge in [0.1, 0.15) is 24.1 Å². The second-order valence-electron chi connectivity index (χ2n) is 4.91. The minimum atomic E-state index is -1.35. The van der Waals surface area contributed by atoms with Crippen molar-refractivity contribution >= 4 is 22.9 Å². The van der Waals surface area contributed by atoms with Crippen LogP contribution in [0.5, 0.6) is 0 Å². The number of rotatable bonds is 3. The first-order valence-electron chi connectivity index (χ1n) is 6.77. The summed E-state index contributed by atoms with van der Waals surface area (Å²) in [6.07, 6.45) is -2.20. The molecule has 1 fully saturated rings. The van der Waals surface area contributed by atoms with Gasteiger partial charge in [0.05, 0.1) is 6.33 Å². The Morgan fingerprint density at radius 2 is 2.13 bits per heavy atom. The van der Waals surface area contributed by atoms with Gasteiger partial charge >= 0.3 is 0 Å². The van der Waals surface area contributed by atoms with Crippen LogP contribution in [0.15, 0.2) is 12.7 Å². The largest absolute Gasteiger partial charge is 0.412 e. The number of aliphatic hydroxyl groups excluding tert-OH is 2. The molecule has 126 valence electrons. The van der Waals surface area contributed by atoms with Gasteiger partial charge in [0.2, 0.25) is 0 Å². The van der Waals surface area contributed by atoms with Gasteiger partial charge in [-0.2, -0.15) is 0 Å². The number of nitrogen functional groups attached to an aromatic ring is 1. The number of fused-ring (bicyclic) bond motifs is 1. The van der Waals surface area contributed by atoms with Crippen molar-refractivity contribution in [3.8, 4) is 0 Å². The number of nitrogens with one attached hydrogen (secondary N) is 1. The van der Waals surface area contributed by atoms with Crippen LogP contribution in [0.4, 0.5) is 5.82 Å². The molecule has 1 aliphatic rings. The van der Waals surface area contributed by atoms with Crippen molar-refractivity contribution in [3.05, 3.63) is 12.7 Å². The predicted molar refractivity (Wildman–Crippen MR) is 78.0 cm³/mol. The summed E-state index contributed by atoms with van der Waals surface area (Å²) in [5, 5.41) is 22.7. The Kier molecular flexibility index (Phi) is 4.75. The average molecular weight is 326 g/mol. The summed E-state index contributed by atoms with van der Waals surface area (Å²) in [5.41, 5.74) is 6.40. The van der Waals surface area contributed by atoms with E-state index >= 15 is 0 Å². The number of ether oxygens (including phenoxy) is 1. The summed E-state index contributed by atoms with van der Waals surface area (Å²) in [4.78, 5) is 23.8. The number of nitrogens with two attached hydrogens (primary N) is 1. The van der Waals surface area contributed by atoms with Crippen LogP contribution in [0.1, 0.15) is 13.2 Å². The van der Waals surface area contributed by atoms with E-state index in [0.29, 0.717) is 17.7 Å². The van der Waals surface area contributed by atoms with Gasteiger partial charge in [0.25, 0.3) is 5.91 Å². The van der Waals surface area contributed by atoms with Gasteiger partial charge in [-0.05, 0) is 6.92 Å². The molecule has 0 saturated carbocycles. The number of amides is 1. The Bertz CT molecular complexity index is 706.